The quantitative estimate of drug-likeness (QED) is 0.465. The number of halogens is 1. The summed E-state index contributed by atoms with van der Waals surface area (Å²) >= 11 is 5.86. The first kappa shape index (κ1) is 15.4. The lowest BCUT2D eigenvalue weighted by Crippen LogP contribution is -2.09. The van der Waals surface area contributed by atoms with Crippen molar-refractivity contribution in [3.63, 3.8) is 0 Å². The van der Waals surface area contributed by atoms with E-state index in [0.717, 1.165) is 0 Å². The van der Waals surface area contributed by atoms with Crippen LogP contribution in [0.15, 0.2) is 18.2 Å². The molecular formula is C13H15ClN4O3. The predicted molar refractivity (Wildman–Crippen MR) is 78.3 cm³/mol. The van der Waals surface area contributed by atoms with Gasteiger partial charge in [0.1, 0.15) is 5.82 Å². The second-order valence-electron chi connectivity index (χ2n) is 4.42. The first-order valence-corrected chi connectivity index (χ1v) is 6.85. The summed E-state index contributed by atoms with van der Waals surface area (Å²) in [5.74, 6) is 1.38. The van der Waals surface area contributed by atoms with Crippen molar-refractivity contribution in [3.8, 4) is 11.4 Å². The van der Waals surface area contributed by atoms with Gasteiger partial charge in [0, 0.05) is 30.8 Å². The third-order valence-corrected chi connectivity index (χ3v) is 3.45. The summed E-state index contributed by atoms with van der Waals surface area (Å²) in [4.78, 5) is 10.6. The standard InChI is InChI=1S/C13H15ClN4O3/c1-9-10(4-3-5-11(9)18(19)20)13-16-15-12(8-14)17(13)6-7-21-2/h3-5H,6-8H2,1-2H3. The summed E-state index contributed by atoms with van der Waals surface area (Å²) in [6.45, 7) is 2.70. The van der Waals surface area contributed by atoms with Gasteiger partial charge in [-0.15, -0.1) is 21.8 Å². The van der Waals surface area contributed by atoms with Gasteiger partial charge in [0.15, 0.2) is 5.82 Å². The molecule has 1 heterocycles. The highest BCUT2D eigenvalue weighted by molar-refractivity contribution is 6.16. The fraction of sp³-hybridized carbons (Fsp3) is 0.385. The van der Waals surface area contributed by atoms with Crippen LogP contribution in [0, 0.1) is 17.0 Å². The Labute approximate surface area is 126 Å². The Hall–Kier alpha value is -1.99. The molecule has 0 saturated carbocycles. The lowest BCUT2D eigenvalue weighted by atomic mass is 10.1. The maximum atomic E-state index is 11.0. The van der Waals surface area contributed by atoms with Crippen LogP contribution in [-0.4, -0.2) is 33.4 Å². The molecule has 112 valence electrons. The number of rotatable bonds is 6. The van der Waals surface area contributed by atoms with Gasteiger partial charge in [-0.3, -0.25) is 10.1 Å². The summed E-state index contributed by atoms with van der Waals surface area (Å²) in [6.07, 6.45) is 0. The van der Waals surface area contributed by atoms with Crippen molar-refractivity contribution in [1.29, 1.82) is 0 Å². The van der Waals surface area contributed by atoms with Crippen molar-refractivity contribution in [2.24, 2.45) is 0 Å². The predicted octanol–water partition coefficient (Wildman–Crippen LogP) is 2.55. The van der Waals surface area contributed by atoms with Gasteiger partial charge in [0.25, 0.3) is 5.69 Å². The molecule has 7 nitrogen and oxygen atoms in total. The number of aromatic nitrogens is 3. The maximum absolute atomic E-state index is 11.0. The summed E-state index contributed by atoms with van der Waals surface area (Å²) in [5.41, 5.74) is 1.28. The Morgan fingerprint density at radius 3 is 2.81 bits per heavy atom. The van der Waals surface area contributed by atoms with Gasteiger partial charge >= 0.3 is 0 Å². The fourth-order valence-corrected chi connectivity index (χ4v) is 2.31. The van der Waals surface area contributed by atoms with Crippen LogP contribution in [0.4, 0.5) is 5.69 Å². The average molecular weight is 311 g/mol. The number of nitrogens with zero attached hydrogens (tertiary/aromatic N) is 4. The largest absolute Gasteiger partial charge is 0.383 e. The summed E-state index contributed by atoms with van der Waals surface area (Å²) in [7, 11) is 1.60. The van der Waals surface area contributed by atoms with E-state index in [4.69, 9.17) is 16.3 Å². The topological polar surface area (TPSA) is 83.1 Å². The molecule has 1 aromatic heterocycles. The second-order valence-corrected chi connectivity index (χ2v) is 4.69. The number of benzene rings is 1. The number of hydrogen-bond acceptors (Lipinski definition) is 5. The Bertz CT molecular complexity index is 657. The van der Waals surface area contributed by atoms with E-state index >= 15 is 0 Å². The first-order valence-electron chi connectivity index (χ1n) is 6.31. The molecule has 0 aliphatic carbocycles. The van der Waals surface area contributed by atoms with Gasteiger partial charge in [-0.1, -0.05) is 12.1 Å². The molecule has 0 aliphatic rings. The van der Waals surface area contributed by atoms with Crippen LogP contribution in [0.2, 0.25) is 0 Å². The van der Waals surface area contributed by atoms with E-state index in [0.29, 0.717) is 35.9 Å². The van der Waals surface area contributed by atoms with E-state index in [1.54, 1.807) is 26.2 Å². The molecule has 0 fully saturated rings. The smallest absolute Gasteiger partial charge is 0.273 e. The van der Waals surface area contributed by atoms with Crippen LogP contribution in [0.5, 0.6) is 0 Å². The van der Waals surface area contributed by atoms with E-state index in [-0.39, 0.29) is 11.6 Å². The van der Waals surface area contributed by atoms with Crippen LogP contribution in [-0.2, 0) is 17.2 Å². The first-order chi connectivity index (χ1) is 10.1. The van der Waals surface area contributed by atoms with Crippen LogP contribution < -0.4 is 0 Å². The average Bonchev–Trinajstić information content (AvgIpc) is 2.87. The molecule has 0 amide bonds. The highest BCUT2D eigenvalue weighted by Gasteiger charge is 2.19. The minimum atomic E-state index is -0.406. The van der Waals surface area contributed by atoms with Gasteiger partial charge in [-0.25, -0.2) is 0 Å². The van der Waals surface area contributed by atoms with Crippen molar-refractivity contribution in [2.75, 3.05) is 13.7 Å². The summed E-state index contributed by atoms with van der Waals surface area (Å²) in [5, 5.41) is 19.2. The Morgan fingerprint density at radius 1 is 1.43 bits per heavy atom. The molecule has 0 N–H and O–H groups in total. The monoisotopic (exact) mass is 310 g/mol. The fourth-order valence-electron chi connectivity index (χ4n) is 2.11. The SMILES string of the molecule is COCCn1c(CCl)nnc1-c1cccc([N+](=O)[O-])c1C. The number of hydrogen-bond donors (Lipinski definition) is 0. The molecule has 21 heavy (non-hydrogen) atoms. The molecule has 0 radical (unpaired) electrons. The van der Waals surface area contributed by atoms with E-state index in [9.17, 15) is 10.1 Å². The molecule has 0 spiro atoms. The van der Waals surface area contributed by atoms with Gasteiger partial charge in [0.05, 0.1) is 17.4 Å². The number of nitro groups is 1. The van der Waals surface area contributed by atoms with Crippen molar-refractivity contribution < 1.29 is 9.66 Å². The molecule has 2 rings (SSSR count). The molecule has 0 aliphatic heterocycles. The highest BCUT2D eigenvalue weighted by Crippen LogP contribution is 2.29. The zero-order chi connectivity index (χ0) is 15.4. The van der Waals surface area contributed by atoms with Crippen molar-refractivity contribution in [2.45, 2.75) is 19.3 Å². The lowest BCUT2D eigenvalue weighted by molar-refractivity contribution is -0.385. The molecule has 8 heteroatoms. The normalized spacial score (nSPS) is 10.8. The van der Waals surface area contributed by atoms with Gasteiger partial charge in [-0.05, 0) is 6.92 Å². The molecule has 2 aromatic rings. The Morgan fingerprint density at radius 2 is 2.19 bits per heavy atom. The molecule has 0 unspecified atom stereocenters. The van der Waals surface area contributed by atoms with E-state index < -0.39 is 4.92 Å². The number of methoxy groups -OCH3 is 1. The minimum absolute atomic E-state index is 0.0567. The zero-order valence-electron chi connectivity index (χ0n) is 11.7. The Kier molecular flexibility index (Phi) is 4.87. The third-order valence-electron chi connectivity index (χ3n) is 3.21. The van der Waals surface area contributed by atoms with Crippen molar-refractivity contribution in [1.82, 2.24) is 14.8 Å². The summed E-state index contributed by atoms with van der Waals surface area (Å²) < 4.78 is 6.89. The summed E-state index contributed by atoms with van der Waals surface area (Å²) in [6, 6.07) is 4.89. The van der Waals surface area contributed by atoms with Gasteiger partial charge in [0.2, 0.25) is 0 Å². The Balaban J connectivity index is 2.54. The minimum Gasteiger partial charge on any atom is -0.383 e. The molecule has 0 saturated heterocycles. The van der Waals surface area contributed by atoms with E-state index in [1.165, 1.54) is 6.07 Å². The molecule has 0 atom stereocenters. The maximum Gasteiger partial charge on any atom is 0.273 e. The number of alkyl halides is 1. The van der Waals surface area contributed by atoms with Crippen LogP contribution in [0.25, 0.3) is 11.4 Å². The molecular weight excluding hydrogens is 296 g/mol. The lowest BCUT2D eigenvalue weighted by Gasteiger charge is -2.10. The van der Waals surface area contributed by atoms with E-state index in [1.807, 2.05) is 4.57 Å². The number of ether oxygens (including phenoxy) is 1. The highest BCUT2D eigenvalue weighted by atomic mass is 35.5. The third kappa shape index (κ3) is 3.03. The van der Waals surface area contributed by atoms with Crippen molar-refractivity contribution in [3.05, 3.63) is 39.7 Å². The van der Waals surface area contributed by atoms with Crippen LogP contribution in [0.1, 0.15) is 11.4 Å². The zero-order valence-corrected chi connectivity index (χ0v) is 12.5. The van der Waals surface area contributed by atoms with Crippen LogP contribution >= 0.6 is 11.6 Å². The van der Waals surface area contributed by atoms with E-state index in [2.05, 4.69) is 10.2 Å². The van der Waals surface area contributed by atoms with Gasteiger partial charge in [-0.2, -0.15) is 0 Å². The molecule has 1 aromatic carbocycles. The molecule has 0 bridgehead atoms. The second kappa shape index (κ2) is 6.64. The van der Waals surface area contributed by atoms with Crippen LogP contribution in [0.3, 0.4) is 0 Å². The number of nitro benzene ring substituents is 1. The van der Waals surface area contributed by atoms with Crippen molar-refractivity contribution >= 4 is 17.3 Å². The van der Waals surface area contributed by atoms with Gasteiger partial charge < -0.3 is 9.30 Å².